The standard InChI is InChI=1S/C21H18N2O/c22-13-14-5-6-16-17-12-15-3-1-2-4-18(15)21(7-9-24-10-8-21)20(17)23-19(16)11-14/h1-6,11,23H,7-10,12H2. The fourth-order valence-electron chi connectivity index (χ4n) is 4.62. The molecule has 1 aliphatic heterocycles. The quantitative estimate of drug-likeness (QED) is 0.681. The summed E-state index contributed by atoms with van der Waals surface area (Å²) in [6, 6.07) is 17.1. The number of nitriles is 1. The average molecular weight is 314 g/mol. The molecule has 5 rings (SSSR count). The number of hydrogen-bond acceptors (Lipinski definition) is 2. The SMILES string of the molecule is N#Cc1ccc2c3c([nH]c2c1)C1(CCOCC1)c1ccccc1C3. The Kier molecular flexibility index (Phi) is 2.86. The zero-order valence-electron chi connectivity index (χ0n) is 13.4. The van der Waals surface area contributed by atoms with E-state index >= 15 is 0 Å². The molecule has 1 fully saturated rings. The summed E-state index contributed by atoms with van der Waals surface area (Å²) < 4.78 is 5.68. The second-order valence-corrected chi connectivity index (χ2v) is 6.88. The number of aromatic amines is 1. The molecule has 2 aromatic carbocycles. The van der Waals surface area contributed by atoms with Gasteiger partial charge in [0.15, 0.2) is 0 Å². The molecule has 2 heterocycles. The maximum Gasteiger partial charge on any atom is 0.0992 e. The molecule has 118 valence electrons. The van der Waals surface area contributed by atoms with Crippen molar-refractivity contribution < 1.29 is 4.74 Å². The van der Waals surface area contributed by atoms with E-state index in [1.54, 1.807) is 0 Å². The predicted octanol–water partition coefficient (Wildman–Crippen LogP) is 4.04. The van der Waals surface area contributed by atoms with Gasteiger partial charge in [0.2, 0.25) is 0 Å². The molecule has 1 aliphatic carbocycles. The minimum atomic E-state index is 0.0221. The number of ether oxygens (including phenoxy) is 1. The summed E-state index contributed by atoms with van der Waals surface area (Å²) in [7, 11) is 0. The summed E-state index contributed by atoms with van der Waals surface area (Å²) in [5.41, 5.74) is 7.43. The Morgan fingerprint density at radius 1 is 1.08 bits per heavy atom. The summed E-state index contributed by atoms with van der Waals surface area (Å²) in [6.45, 7) is 1.60. The van der Waals surface area contributed by atoms with Crippen molar-refractivity contribution in [3.63, 3.8) is 0 Å². The summed E-state index contributed by atoms with van der Waals surface area (Å²) >= 11 is 0. The van der Waals surface area contributed by atoms with Gasteiger partial charge in [-0.1, -0.05) is 30.3 Å². The highest BCUT2D eigenvalue weighted by Crippen LogP contribution is 2.49. The molecule has 2 aliphatic rings. The van der Waals surface area contributed by atoms with Gasteiger partial charge >= 0.3 is 0 Å². The van der Waals surface area contributed by atoms with Gasteiger partial charge in [-0.05, 0) is 41.7 Å². The Morgan fingerprint density at radius 2 is 1.92 bits per heavy atom. The van der Waals surface area contributed by atoms with Crippen LogP contribution in [0.2, 0.25) is 0 Å². The van der Waals surface area contributed by atoms with Crippen molar-refractivity contribution in [2.75, 3.05) is 13.2 Å². The van der Waals surface area contributed by atoms with Crippen molar-refractivity contribution in [2.45, 2.75) is 24.7 Å². The monoisotopic (exact) mass is 314 g/mol. The van der Waals surface area contributed by atoms with Gasteiger partial charge in [-0.2, -0.15) is 5.26 Å². The second kappa shape index (κ2) is 4.96. The van der Waals surface area contributed by atoms with Crippen LogP contribution in [0, 0.1) is 11.3 Å². The number of rotatable bonds is 0. The maximum absolute atomic E-state index is 9.20. The maximum atomic E-state index is 9.20. The molecule has 3 aromatic rings. The predicted molar refractivity (Wildman–Crippen MR) is 93.1 cm³/mol. The van der Waals surface area contributed by atoms with Crippen molar-refractivity contribution in [1.29, 1.82) is 5.26 Å². The van der Waals surface area contributed by atoms with Crippen LogP contribution in [0.5, 0.6) is 0 Å². The molecule has 0 bridgehead atoms. The number of nitrogens with one attached hydrogen (secondary N) is 1. The number of nitrogens with zero attached hydrogens (tertiary/aromatic N) is 1. The lowest BCUT2D eigenvalue weighted by Crippen LogP contribution is -2.39. The Morgan fingerprint density at radius 3 is 2.75 bits per heavy atom. The van der Waals surface area contributed by atoms with E-state index in [0.717, 1.165) is 38.0 Å². The first-order chi connectivity index (χ1) is 11.8. The lowest BCUT2D eigenvalue weighted by Gasteiger charge is -2.42. The highest BCUT2D eigenvalue weighted by Gasteiger charge is 2.43. The number of aromatic nitrogens is 1. The molecular formula is C21H18N2O. The first kappa shape index (κ1) is 13.8. The van der Waals surface area contributed by atoms with Crippen LogP contribution >= 0.6 is 0 Å². The highest BCUT2D eigenvalue weighted by molar-refractivity contribution is 5.87. The van der Waals surface area contributed by atoms with Crippen molar-refractivity contribution in [2.24, 2.45) is 0 Å². The van der Waals surface area contributed by atoms with Crippen LogP contribution in [0.15, 0.2) is 42.5 Å². The number of benzene rings is 2. The van der Waals surface area contributed by atoms with Crippen molar-refractivity contribution in [3.8, 4) is 6.07 Å². The van der Waals surface area contributed by atoms with E-state index in [4.69, 9.17) is 4.74 Å². The molecule has 1 saturated heterocycles. The van der Waals surface area contributed by atoms with Crippen LogP contribution in [0.3, 0.4) is 0 Å². The van der Waals surface area contributed by atoms with Crippen molar-refractivity contribution in [3.05, 3.63) is 70.4 Å². The summed E-state index contributed by atoms with van der Waals surface area (Å²) in [4.78, 5) is 3.69. The van der Waals surface area contributed by atoms with Crippen LogP contribution < -0.4 is 0 Å². The largest absolute Gasteiger partial charge is 0.381 e. The number of H-pyrrole nitrogens is 1. The second-order valence-electron chi connectivity index (χ2n) is 6.88. The van der Waals surface area contributed by atoms with Gasteiger partial charge in [0.25, 0.3) is 0 Å². The van der Waals surface area contributed by atoms with Gasteiger partial charge in [-0.15, -0.1) is 0 Å². The molecule has 3 heteroatoms. The molecular weight excluding hydrogens is 296 g/mol. The van der Waals surface area contributed by atoms with Gasteiger partial charge < -0.3 is 9.72 Å². The Hall–Kier alpha value is -2.57. The molecule has 1 spiro atoms. The summed E-state index contributed by atoms with van der Waals surface area (Å²) in [5, 5.41) is 10.5. The molecule has 1 N–H and O–H groups in total. The molecule has 1 aromatic heterocycles. The van der Waals surface area contributed by atoms with E-state index in [9.17, 15) is 5.26 Å². The van der Waals surface area contributed by atoms with E-state index in [-0.39, 0.29) is 5.41 Å². The van der Waals surface area contributed by atoms with Crippen molar-refractivity contribution in [1.82, 2.24) is 4.98 Å². The topological polar surface area (TPSA) is 48.8 Å². The first-order valence-corrected chi connectivity index (χ1v) is 8.53. The fourth-order valence-corrected chi connectivity index (χ4v) is 4.62. The van der Waals surface area contributed by atoms with E-state index < -0.39 is 0 Å². The molecule has 0 atom stereocenters. The Labute approximate surface area is 140 Å². The van der Waals surface area contributed by atoms with Crippen molar-refractivity contribution >= 4 is 10.9 Å². The molecule has 0 radical (unpaired) electrons. The molecule has 24 heavy (non-hydrogen) atoms. The van der Waals surface area contributed by atoms with Gasteiger partial charge in [-0.3, -0.25) is 0 Å². The van der Waals surface area contributed by atoms with E-state index in [1.807, 2.05) is 12.1 Å². The lowest BCUT2D eigenvalue weighted by molar-refractivity contribution is 0.0609. The fraction of sp³-hybridized carbons (Fsp3) is 0.286. The average Bonchev–Trinajstić information content (AvgIpc) is 3.01. The van der Waals surface area contributed by atoms with E-state index in [2.05, 4.69) is 41.4 Å². The normalized spacial score (nSPS) is 18.1. The zero-order chi connectivity index (χ0) is 16.1. The third-order valence-corrected chi connectivity index (χ3v) is 5.76. The van der Waals surface area contributed by atoms with Crippen LogP contribution in [0.25, 0.3) is 10.9 Å². The van der Waals surface area contributed by atoms with Gasteiger partial charge in [0, 0.05) is 41.6 Å². The lowest BCUT2D eigenvalue weighted by atomic mass is 9.65. The first-order valence-electron chi connectivity index (χ1n) is 8.53. The van der Waals surface area contributed by atoms with Gasteiger partial charge in [0.1, 0.15) is 0 Å². The van der Waals surface area contributed by atoms with Crippen LogP contribution in [0.4, 0.5) is 0 Å². The molecule has 3 nitrogen and oxygen atoms in total. The van der Waals surface area contributed by atoms with E-state index in [0.29, 0.717) is 5.56 Å². The van der Waals surface area contributed by atoms with E-state index in [1.165, 1.54) is 27.8 Å². The summed E-state index contributed by atoms with van der Waals surface area (Å²) in [6.07, 6.45) is 2.98. The Bertz CT molecular complexity index is 987. The minimum Gasteiger partial charge on any atom is -0.381 e. The smallest absolute Gasteiger partial charge is 0.0992 e. The zero-order valence-corrected chi connectivity index (χ0v) is 13.4. The van der Waals surface area contributed by atoms with Gasteiger partial charge in [0.05, 0.1) is 11.6 Å². The molecule has 0 unspecified atom stereocenters. The third kappa shape index (κ3) is 1.75. The Balaban J connectivity index is 1.82. The highest BCUT2D eigenvalue weighted by atomic mass is 16.5. The molecule has 0 saturated carbocycles. The van der Waals surface area contributed by atoms with Crippen LogP contribution in [-0.4, -0.2) is 18.2 Å². The number of fused-ring (bicyclic) bond motifs is 6. The summed E-state index contributed by atoms with van der Waals surface area (Å²) in [5.74, 6) is 0. The van der Waals surface area contributed by atoms with Crippen LogP contribution in [0.1, 0.15) is 40.8 Å². The number of hydrogen-bond donors (Lipinski definition) is 1. The minimum absolute atomic E-state index is 0.0221. The molecule has 0 amide bonds. The third-order valence-electron chi connectivity index (χ3n) is 5.76. The van der Waals surface area contributed by atoms with Crippen LogP contribution in [-0.2, 0) is 16.6 Å². The van der Waals surface area contributed by atoms with Gasteiger partial charge in [-0.25, -0.2) is 0 Å².